The number of pyridine rings is 1. The molecule has 0 saturated carbocycles. The predicted octanol–water partition coefficient (Wildman–Crippen LogP) is 4.20. The van der Waals surface area contributed by atoms with Gasteiger partial charge in [-0.3, -0.25) is 19.0 Å². The lowest BCUT2D eigenvalue weighted by atomic mass is 9.96. The third-order valence-electron chi connectivity index (χ3n) is 8.04. The van der Waals surface area contributed by atoms with Gasteiger partial charge in [-0.1, -0.05) is 72.8 Å². The van der Waals surface area contributed by atoms with Gasteiger partial charge in [-0.05, 0) is 35.7 Å². The van der Waals surface area contributed by atoms with E-state index < -0.39 is 6.10 Å². The van der Waals surface area contributed by atoms with Crippen LogP contribution in [0.4, 0.5) is 0 Å². The van der Waals surface area contributed by atoms with Gasteiger partial charge in [0, 0.05) is 38.8 Å². The summed E-state index contributed by atoms with van der Waals surface area (Å²) < 4.78 is 3.53. The average Bonchev–Trinajstić information content (AvgIpc) is 3.30. The zero-order chi connectivity index (χ0) is 27.6. The lowest BCUT2D eigenvalue weighted by Gasteiger charge is -2.40. The largest absolute Gasteiger partial charge is 0.390 e. The molecule has 0 amide bonds. The zero-order valence-electron chi connectivity index (χ0n) is 22.6. The lowest BCUT2D eigenvalue weighted by Crippen LogP contribution is -2.50. The molecular weight excluding hydrogens is 498 g/mol. The molecule has 1 saturated heterocycles. The maximum Gasteiger partial charge on any atom is 0.257 e. The first-order valence-corrected chi connectivity index (χ1v) is 13.8. The molecule has 0 radical (unpaired) electrons. The fourth-order valence-electron chi connectivity index (χ4n) is 6.18. The Balaban J connectivity index is 1.21. The molecule has 1 N–H and O–H groups in total. The number of hydrogen-bond donors (Lipinski definition) is 1. The minimum atomic E-state index is -0.660. The van der Waals surface area contributed by atoms with Crippen molar-refractivity contribution >= 4 is 16.7 Å². The highest BCUT2D eigenvalue weighted by Crippen LogP contribution is 2.30. The Hall–Kier alpha value is -4.22. The van der Waals surface area contributed by atoms with Gasteiger partial charge in [-0.15, -0.1) is 0 Å². The number of nitriles is 1. The standard InChI is InChI=1S/C33H33N5O2/c1-24-20-31(40)38-30-15-9-8-14-29(30)37(33(38)28(24)21-34)23-27(39)22-35-16-18-36(19-17-35)32(25-10-4-2-5-11-25)26-12-6-3-7-13-26/h2-15,20,27,32,39H,16-19,22-23H2,1H3/t27-/m0/s1. The Bertz CT molecular complexity index is 1690. The monoisotopic (exact) mass is 531 g/mol. The summed E-state index contributed by atoms with van der Waals surface area (Å²) in [5.74, 6) is 0. The third kappa shape index (κ3) is 4.82. The van der Waals surface area contributed by atoms with Crippen molar-refractivity contribution in [1.82, 2.24) is 18.8 Å². The molecule has 2 aromatic heterocycles. The van der Waals surface area contributed by atoms with Gasteiger partial charge >= 0.3 is 0 Å². The second-order valence-electron chi connectivity index (χ2n) is 10.6. The van der Waals surface area contributed by atoms with Crippen molar-refractivity contribution in [2.24, 2.45) is 0 Å². The van der Waals surface area contributed by atoms with E-state index in [4.69, 9.17) is 0 Å². The molecule has 7 nitrogen and oxygen atoms in total. The van der Waals surface area contributed by atoms with Gasteiger partial charge in [0.25, 0.3) is 5.56 Å². The summed E-state index contributed by atoms with van der Waals surface area (Å²) in [4.78, 5) is 17.8. The molecule has 1 aliphatic heterocycles. The zero-order valence-corrected chi connectivity index (χ0v) is 22.6. The molecule has 1 fully saturated rings. The second kappa shape index (κ2) is 11.1. The highest BCUT2D eigenvalue weighted by atomic mass is 16.3. The summed E-state index contributed by atoms with van der Waals surface area (Å²) in [6, 6.07) is 32.9. The second-order valence-corrected chi connectivity index (χ2v) is 10.6. The fraction of sp³-hybridized carbons (Fsp3) is 0.273. The van der Waals surface area contributed by atoms with Crippen molar-refractivity contribution in [3.63, 3.8) is 0 Å². The summed E-state index contributed by atoms with van der Waals surface area (Å²) in [5.41, 5.74) is 5.63. The highest BCUT2D eigenvalue weighted by Gasteiger charge is 2.27. The van der Waals surface area contributed by atoms with Crippen molar-refractivity contribution in [2.45, 2.75) is 25.6 Å². The number of nitrogens with zero attached hydrogens (tertiary/aromatic N) is 5. The predicted molar refractivity (Wildman–Crippen MR) is 157 cm³/mol. The van der Waals surface area contributed by atoms with Crippen molar-refractivity contribution in [3.8, 4) is 6.07 Å². The summed E-state index contributed by atoms with van der Waals surface area (Å²) in [6.07, 6.45) is -0.660. The summed E-state index contributed by atoms with van der Waals surface area (Å²) >= 11 is 0. The molecule has 40 heavy (non-hydrogen) atoms. The third-order valence-corrected chi connectivity index (χ3v) is 8.04. The van der Waals surface area contributed by atoms with Crippen LogP contribution in [-0.4, -0.2) is 62.7 Å². The van der Waals surface area contributed by atoms with E-state index in [9.17, 15) is 15.2 Å². The Morgan fingerprint density at radius 3 is 2.00 bits per heavy atom. The first kappa shape index (κ1) is 26.0. The SMILES string of the molecule is Cc1cc(=O)n2c3ccccc3n(C[C@@H](O)CN3CCN(C(c4ccccc4)c4ccccc4)CC3)c2c1C#N. The number of para-hydroxylation sites is 2. The van der Waals surface area contributed by atoms with Gasteiger partial charge in [0.05, 0.1) is 35.3 Å². The van der Waals surface area contributed by atoms with E-state index >= 15 is 0 Å². The van der Waals surface area contributed by atoms with Crippen LogP contribution in [-0.2, 0) is 6.54 Å². The molecule has 0 bridgehead atoms. The number of piperazine rings is 1. The van der Waals surface area contributed by atoms with Gasteiger partial charge < -0.3 is 9.67 Å². The maximum absolute atomic E-state index is 13.0. The minimum Gasteiger partial charge on any atom is -0.390 e. The molecule has 1 aliphatic rings. The molecule has 5 aromatic rings. The fourth-order valence-corrected chi connectivity index (χ4v) is 6.18. The van der Waals surface area contributed by atoms with E-state index in [0.717, 1.165) is 37.2 Å². The number of hydrogen-bond acceptors (Lipinski definition) is 5. The summed E-state index contributed by atoms with van der Waals surface area (Å²) in [7, 11) is 0. The highest BCUT2D eigenvalue weighted by molar-refractivity contribution is 5.84. The molecule has 0 unspecified atom stereocenters. The van der Waals surface area contributed by atoms with E-state index in [2.05, 4.69) is 76.5 Å². The Labute approximate surface area is 233 Å². The van der Waals surface area contributed by atoms with Crippen LogP contribution in [0.2, 0.25) is 0 Å². The van der Waals surface area contributed by atoms with Crippen LogP contribution in [0.5, 0.6) is 0 Å². The number of aliphatic hydroxyl groups excluding tert-OH is 1. The van der Waals surface area contributed by atoms with Crippen LogP contribution in [0.25, 0.3) is 16.7 Å². The molecular formula is C33H33N5O2. The molecule has 6 rings (SSSR count). The van der Waals surface area contributed by atoms with Crippen molar-refractivity contribution < 1.29 is 5.11 Å². The van der Waals surface area contributed by atoms with Crippen LogP contribution in [0, 0.1) is 18.3 Å². The van der Waals surface area contributed by atoms with E-state index in [1.165, 1.54) is 17.2 Å². The molecule has 3 aromatic carbocycles. The number of fused-ring (bicyclic) bond motifs is 3. The molecule has 1 atom stereocenters. The lowest BCUT2D eigenvalue weighted by molar-refractivity contribution is 0.0565. The van der Waals surface area contributed by atoms with Gasteiger partial charge in [0.2, 0.25) is 0 Å². The number of aryl methyl sites for hydroxylation is 1. The van der Waals surface area contributed by atoms with Crippen molar-refractivity contribution in [3.05, 3.63) is 124 Å². The molecule has 3 heterocycles. The van der Waals surface area contributed by atoms with E-state index in [1.54, 1.807) is 11.3 Å². The first-order valence-electron chi connectivity index (χ1n) is 13.8. The first-order chi connectivity index (χ1) is 19.5. The Morgan fingerprint density at radius 1 is 0.825 bits per heavy atom. The van der Waals surface area contributed by atoms with Crippen LogP contribution >= 0.6 is 0 Å². The number of β-amino-alcohol motifs (C(OH)–C–C–N with tert-alkyl or cyclic N) is 1. The number of aliphatic hydroxyl groups is 1. The van der Waals surface area contributed by atoms with E-state index in [1.807, 2.05) is 28.8 Å². The molecule has 0 aliphatic carbocycles. The number of aromatic nitrogens is 2. The number of benzene rings is 3. The van der Waals surface area contributed by atoms with Crippen LogP contribution in [0.15, 0.2) is 95.8 Å². The maximum atomic E-state index is 13.0. The van der Waals surface area contributed by atoms with Gasteiger partial charge in [0.1, 0.15) is 11.7 Å². The molecule has 7 heteroatoms. The normalized spacial score (nSPS) is 15.6. The van der Waals surface area contributed by atoms with E-state index in [-0.39, 0.29) is 11.6 Å². The average molecular weight is 532 g/mol. The number of rotatable bonds is 7. The summed E-state index contributed by atoms with van der Waals surface area (Å²) in [6.45, 7) is 6.09. The van der Waals surface area contributed by atoms with Crippen molar-refractivity contribution in [2.75, 3.05) is 32.7 Å². The number of imidazole rings is 1. The summed E-state index contributed by atoms with van der Waals surface area (Å²) in [5, 5.41) is 21.2. The van der Waals surface area contributed by atoms with Gasteiger partial charge in [-0.2, -0.15) is 5.26 Å². The minimum absolute atomic E-state index is 0.168. The van der Waals surface area contributed by atoms with Crippen LogP contribution in [0.3, 0.4) is 0 Å². The van der Waals surface area contributed by atoms with Gasteiger partial charge in [-0.25, -0.2) is 0 Å². The van der Waals surface area contributed by atoms with Crippen LogP contribution in [0.1, 0.15) is 28.3 Å². The molecule has 0 spiro atoms. The van der Waals surface area contributed by atoms with Crippen molar-refractivity contribution in [1.29, 1.82) is 5.26 Å². The Kier molecular flexibility index (Phi) is 7.23. The van der Waals surface area contributed by atoms with Gasteiger partial charge in [0.15, 0.2) is 0 Å². The van der Waals surface area contributed by atoms with E-state index in [0.29, 0.717) is 29.9 Å². The topological polar surface area (TPSA) is 76.9 Å². The smallest absolute Gasteiger partial charge is 0.257 e. The van der Waals surface area contributed by atoms with Crippen LogP contribution < -0.4 is 5.56 Å². The Morgan fingerprint density at radius 2 is 1.40 bits per heavy atom. The molecule has 202 valence electrons. The quantitative estimate of drug-likeness (QED) is 0.341.